The Bertz CT molecular complexity index is 683. The monoisotopic (exact) mass is 272 g/mol. The number of fused-ring (bicyclic) bond motifs is 2. The van der Waals surface area contributed by atoms with Gasteiger partial charge in [0.1, 0.15) is 5.76 Å². The van der Waals surface area contributed by atoms with Gasteiger partial charge in [-0.1, -0.05) is 24.3 Å². The summed E-state index contributed by atoms with van der Waals surface area (Å²) in [5, 5.41) is 19.9. The molecule has 2 unspecified atom stereocenters. The Morgan fingerprint density at radius 3 is 2.25 bits per heavy atom. The maximum atomic E-state index is 12.5. The van der Waals surface area contributed by atoms with Crippen molar-refractivity contribution in [3.05, 3.63) is 58.7 Å². The Hall–Kier alpha value is -2.56. The van der Waals surface area contributed by atoms with Gasteiger partial charge < -0.3 is 14.9 Å². The fourth-order valence-corrected chi connectivity index (χ4v) is 2.77. The summed E-state index contributed by atoms with van der Waals surface area (Å²) in [7, 11) is 1.28. The molecule has 102 valence electrons. The van der Waals surface area contributed by atoms with Crippen molar-refractivity contribution < 1.29 is 24.5 Å². The van der Waals surface area contributed by atoms with Gasteiger partial charge in [0.2, 0.25) is 0 Å². The number of hydrogen-bond donors (Lipinski definition) is 2. The normalized spacial score (nSPS) is 24.9. The molecule has 0 aliphatic heterocycles. The number of methoxy groups -OCH3 is 1. The molecule has 3 rings (SSSR count). The highest BCUT2D eigenvalue weighted by atomic mass is 16.5. The second-order valence-corrected chi connectivity index (χ2v) is 4.75. The zero-order chi connectivity index (χ0) is 14.4. The molecule has 1 aromatic carbocycles. The lowest BCUT2D eigenvalue weighted by Gasteiger charge is -2.31. The van der Waals surface area contributed by atoms with Gasteiger partial charge in [0.15, 0.2) is 23.1 Å². The van der Waals surface area contributed by atoms with E-state index in [1.54, 1.807) is 24.3 Å². The third-order valence-electron chi connectivity index (χ3n) is 3.70. The third kappa shape index (κ3) is 1.49. The molecule has 0 saturated heterocycles. The third-order valence-corrected chi connectivity index (χ3v) is 3.70. The molecule has 0 amide bonds. The number of hydrogen-bond acceptors (Lipinski definition) is 5. The van der Waals surface area contributed by atoms with Crippen LogP contribution in [0.3, 0.4) is 0 Å². The van der Waals surface area contributed by atoms with Crippen LogP contribution in [0.5, 0.6) is 0 Å². The first-order valence-electron chi connectivity index (χ1n) is 6.12. The predicted octanol–water partition coefficient (Wildman–Crippen LogP) is 2.17. The fraction of sp³-hybridized carbons (Fsp3) is 0.200. The smallest absolute Gasteiger partial charge is 0.198 e. The van der Waals surface area contributed by atoms with E-state index in [0.29, 0.717) is 5.56 Å². The van der Waals surface area contributed by atoms with E-state index >= 15 is 0 Å². The van der Waals surface area contributed by atoms with Crippen LogP contribution in [0, 0.1) is 11.8 Å². The number of rotatable bonds is 1. The van der Waals surface area contributed by atoms with Gasteiger partial charge in [-0.3, -0.25) is 9.59 Å². The first-order chi connectivity index (χ1) is 9.56. The Labute approximate surface area is 114 Å². The van der Waals surface area contributed by atoms with Gasteiger partial charge in [-0.15, -0.1) is 0 Å². The molecule has 0 spiro atoms. The topological polar surface area (TPSA) is 83.8 Å². The number of Topliss-reactive ketones (excluding diaryl/α,β-unsaturated/α-hetero) is 2. The maximum absolute atomic E-state index is 12.5. The van der Waals surface area contributed by atoms with Crippen molar-refractivity contribution >= 4 is 11.6 Å². The highest BCUT2D eigenvalue weighted by molar-refractivity contribution is 6.17. The van der Waals surface area contributed by atoms with Gasteiger partial charge in [0.25, 0.3) is 0 Å². The van der Waals surface area contributed by atoms with Crippen LogP contribution in [0.25, 0.3) is 0 Å². The molecule has 0 aromatic heterocycles. The molecular weight excluding hydrogens is 260 g/mol. The predicted molar refractivity (Wildman–Crippen MR) is 69.5 cm³/mol. The average molecular weight is 272 g/mol. The lowest BCUT2D eigenvalue weighted by Crippen LogP contribution is -2.39. The maximum Gasteiger partial charge on any atom is 0.198 e. The van der Waals surface area contributed by atoms with E-state index in [1.165, 1.54) is 13.2 Å². The van der Waals surface area contributed by atoms with Crippen molar-refractivity contribution in [3.63, 3.8) is 0 Å². The first kappa shape index (κ1) is 12.5. The summed E-state index contributed by atoms with van der Waals surface area (Å²) >= 11 is 0. The van der Waals surface area contributed by atoms with Crippen LogP contribution in [0.15, 0.2) is 47.6 Å². The van der Waals surface area contributed by atoms with E-state index in [1.807, 2.05) is 0 Å². The van der Waals surface area contributed by atoms with Gasteiger partial charge in [-0.25, -0.2) is 0 Å². The van der Waals surface area contributed by atoms with Crippen molar-refractivity contribution in [2.75, 3.05) is 7.11 Å². The van der Waals surface area contributed by atoms with Crippen molar-refractivity contribution in [2.45, 2.75) is 0 Å². The van der Waals surface area contributed by atoms with Crippen molar-refractivity contribution in [2.24, 2.45) is 11.8 Å². The molecule has 0 heterocycles. The second-order valence-electron chi connectivity index (χ2n) is 4.75. The number of aliphatic hydroxyl groups is 2. The molecule has 5 nitrogen and oxygen atoms in total. The van der Waals surface area contributed by atoms with Crippen molar-refractivity contribution in [1.29, 1.82) is 0 Å². The molecule has 5 heteroatoms. The van der Waals surface area contributed by atoms with E-state index in [2.05, 4.69) is 0 Å². The van der Waals surface area contributed by atoms with Gasteiger partial charge in [-0.05, 0) is 6.08 Å². The minimum atomic E-state index is -1.02. The number of carbonyl (C=O) groups excluding carboxylic acids is 2. The fourth-order valence-electron chi connectivity index (χ4n) is 2.77. The van der Waals surface area contributed by atoms with Gasteiger partial charge in [-0.2, -0.15) is 0 Å². The van der Waals surface area contributed by atoms with Crippen LogP contribution >= 0.6 is 0 Å². The molecular formula is C15H12O5. The van der Waals surface area contributed by atoms with Gasteiger partial charge in [0, 0.05) is 11.1 Å². The van der Waals surface area contributed by atoms with E-state index in [9.17, 15) is 19.8 Å². The molecule has 1 aromatic rings. The highest BCUT2D eigenvalue weighted by Crippen LogP contribution is 2.40. The minimum Gasteiger partial charge on any atom is -0.507 e. The number of ether oxygens (including phenoxy) is 1. The largest absolute Gasteiger partial charge is 0.507 e. The van der Waals surface area contributed by atoms with Crippen LogP contribution in [0.2, 0.25) is 0 Å². The summed E-state index contributed by atoms with van der Waals surface area (Å²) < 4.78 is 4.88. The Kier molecular flexibility index (Phi) is 2.64. The van der Waals surface area contributed by atoms with Crippen LogP contribution in [-0.4, -0.2) is 28.9 Å². The first-order valence-corrected chi connectivity index (χ1v) is 6.12. The van der Waals surface area contributed by atoms with Crippen molar-refractivity contribution in [1.82, 2.24) is 0 Å². The number of allylic oxidation sites excluding steroid dienone is 2. The number of aliphatic hydroxyl groups excluding tert-OH is 2. The summed E-state index contributed by atoms with van der Waals surface area (Å²) in [6.07, 6.45) is 1.26. The Morgan fingerprint density at radius 1 is 1.05 bits per heavy atom. The minimum absolute atomic E-state index is 0.160. The number of ketones is 2. The molecule has 2 N–H and O–H groups in total. The molecule has 2 aliphatic carbocycles. The molecule has 20 heavy (non-hydrogen) atoms. The Balaban J connectivity index is 2.22. The molecule has 0 fully saturated rings. The average Bonchev–Trinajstić information content (AvgIpc) is 2.45. The summed E-state index contributed by atoms with van der Waals surface area (Å²) in [5.74, 6) is -3.44. The zero-order valence-electron chi connectivity index (χ0n) is 10.7. The molecule has 2 atom stereocenters. The van der Waals surface area contributed by atoms with Crippen molar-refractivity contribution in [3.8, 4) is 0 Å². The summed E-state index contributed by atoms with van der Waals surface area (Å²) in [4.78, 5) is 24.9. The molecule has 2 aliphatic rings. The Morgan fingerprint density at radius 2 is 1.65 bits per heavy atom. The summed E-state index contributed by atoms with van der Waals surface area (Å²) in [6.45, 7) is 0. The number of carbonyl (C=O) groups is 2. The number of benzene rings is 1. The lowest BCUT2D eigenvalue weighted by molar-refractivity contribution is 0.0729. The van der Waals surface area contributed by atoms with E-state index < -0.39 is 17.6 Å². The summed E-state index contributed by atoms with van der Waals surface area (Å²) in [6, 6.07) is 6.47. The highest BCUT2D eigenvalue weighted by Gasteiger charge is 2.46. The van der Waals surface area contributed by atoms with Crippen LogP contribution in [-0.2, 0) is 4.74 Å². The standard InChI is InChI=1S/C15H12O5/c1-20-15-10(16)6-9-11(14(15)19)13(18)8-5-3-2-4-7(8)12(9)17/h2-6,9,11,16,19H,1H3. The van der Waals surface area contributed by atoms with Crippen LogP contribution in [0.4, 0.5) is 0 Å². The molecule has 0 radical (unpaired) electrons. The van der Waals surface area contributed by atoms with Gasteiger partial charge in [0.05, 0.1) is 18.9 Å². The van der Waals surface area contributed by atoms with E-state index in [0.717, 1.165) is 0 Å². The molecule has 0 bridgehead atoms. The van der Waals surface area contributed by atoms with Gasteiger partial charge >= 0.3 is 0 Å². The van der Waals surface area contributed by atoms with Crippen LogP contribution in [0.1, 0.15) is 20.7 Å². The van der Waals surface area contributed by atoms with E-state index in [-0.39, 0.29) is 28.6 Å². The van der Waals surface area contributed by atoms with E-state index in [4.69, 9.17) is 4.74 Å². The molecule has 0 saturated carbocycles. The quantitative estimate of drug-likeness (QED) is 0.818. The zero-order valence-corrected chi connectivity index (χ0v) is 10.7. The second kappa shape index (κ2) is 4.23. The van der Waals surface area contributed by atoms with Crippen LogP contribution < -0.4 is 0 Å². The SMILES string of the molecule is COC1=C(O)C2C(=O)c3ccccc3C(=O)C2C=C1O. The summed E-state index contributed by atoms with van der Waals surface area (Å²) in [5.41, 5.74) is 0.604. The lowest BCUT2D eigenvalue weighted by atomic mass is 9.71.